The third-order valence-electron chi connectivity index (χ3n) is 4.41. The number of benzene rings is 2. The van der Waals surface area contributed by atoms with Gasteiger partial charge in [0.1, 0.15) is 0 Å². The van der Waals surface area contributed by atoms with E-state index in [0.717, 1.165) is 16.7 Å². The van der Waals surface area contributed by atoms with E-state index < -0.39 is 0 Å². The molecule has 0 aliphatic rings. The molecule has 0 bridgehead atoms. The van der Waals surface area contributed by atoms with Crippen LogP contribution in [-0.4, -0.2) is 10.5 Å². The van der Waals surface area contributed by atoms with Crippen molar-refractivity contribution < 1.29 is 4.79 Å². The van der Waals surface area contributed by atoms with Crippen LogP contribution in [0.25, 0.3) is 11.1 Å². The quantitative estimate of drug-likeness (QED) is 0.494. The molecule has 1 heterocycles. The summed E-state index contributed by atoms with van der Waals surface area (Å²) in [7, 11) is 0. The molecule has 0 unspecified atom stereocenters. The highest BCUT2D eigenvalue weighted by Gasteiger charge is 2.14. The lowest BCUT2D eigenvalue weighted by atomic mass is 9.86. The second-order valence-electron chi connectivity index (χ2n) is 7.45. The summed E-state index contributed by atoms with van der Waals surface area (Å²) in [5.74, 6) is 0.0276. The monoisotopic (exact) mass is 385 g/mol. The van der Waals surface area contributed by atoms with Gasteiger partial charge in [-0.05, 0) is 45.9 Å². The maximum absolute atomic E-state index is 12.6. The van der Waals surface area contributed by atoms with Crippen LogP contribution in [0.3, 0.4) is 0 Å². The Labute approximate surface area is 164 Å². The molecule has 2 aromatic carbocycles. The van der Waals surface area contributed by atoms with Crippen molar-refractivity contribution in [3.05, 3.63) is 82.1 Å². The molecule has 3 aromatic rings. The number of carbonyl (C=O) groups excluding carboxylic acids is 1. The van der Waals surface area contributed by atoms with Crippen LogP contribution >= 0.6 is 23.2 Å². The second kappa shape index (κ2) is 7.30. The van der Waals surface area contributed by atoms with Crippen molar-refractivity contribution in [2.45, 2.75) is 32.6 Å². The average molecular weight is 386 g/mol. The fraction of sp³-hybridized carbons (Fsp3) is 0.227. The zero-order chi connectivity index (χ0) is 18.9. The molecule has 0 fully saturated rings. The molecule has 0 saturated carbocycles. The van der Waals surface area contributed by atoms with E-state index in [0.29, 0.717) is 16.5 Å². The first-order chi connectivity index (χ1) is 12.2. The summed E-state index contributed by atoms with van der Waals surface area (Å²) in [6.07, 6.45) is 3.97. The van der Waals surface area contributed by atoms with E-state index in [9.17, 15) is 4.79 Å². The minimum absolute atomic E-state index is 0.0276. The van der Waals surface area contributed by atoms with Crippen LogP contribution in [0.5, 0.6) is 0 Å². The fourth-order valence-corrected chi connectivity index (χ4v) is 3.08. The number of hydrogen-bond donors (Lipinski definition) is 0. The molecule has 0 spiro atoms. The highest BCUT2D eigenvalue weighted by atomic mass is 35.5. The van der Waals surface area contributed by atoms with Crippen LogP contribution in [0.4, 0.5) is 0 Å². The Morgan fingerprint density at radius 3 is 2.23 bits per heavy atom. The molecule has 0 atom stereocenters. The van der Waals surface area contributed by atoms with E-state index in [4.69, 9.17) is 23.2 Å². The van der Waals surface area contributed by atoms with E-state index in [1.54, 1.807) is 22.9 Å². The van der Waals surface area contributed by atoms with E-state index in [-0.39, 0.29) is 11.3 Å². The van der Waals surface area contributed by atoms with E-state index in [2.05, 4.69) is 32.9 Å². The Kier molecular flexibility index (Phi) is 5.27. The van der Waals surface area contributed by atoms with Crippen molar-refractivity contribution in [3.8, 4) is 11.1 Å². The standard InChI is InChI=1S/C22H21Cl2NO/c1-22(2,3)18-7-4-15(5-8-18)12-21(26)25-11-10-17(14-25)16-6-9-19(23)20(24)13-16/h4-11,13-14H,12H2,1-3H3. The Hall–Kier alpha value is -2.03. The molecule has 2 nitrogen and oxygen atoms in total. The number of rotatable bonds is 3. The van der Waals surface area contributed by atoms with Gasteiger partial charge in [0.05, 0.1) is 16.5 Å². The number of halogens is 2. The summed E-state index contributed by atoms with van der Waals surface area (Å²) in [5.41, 5.74) is 4.24. The summed E-state index contributed by atoms with van der Waals surface area (Å²) in [6.45, 7) is 6.53. The number of hydrogen-bond acceptors (Lipinski definition) is 1. The molecule has 26 heavy (non-hydrogen) atoms. The van der Waals surface area contributed by atoms with Gasteiger partial charge in [0.2, 0.25) is 5.91 Å². The summed E-state index contributed by atoms with van der Waals surface area (Å²) in [4.78, 5) is 12.6. The van der Waals surface area contributed by atoms with Crippen LogP contribution in [0, 0.1) is 0 Å². The Morgan fingerprint density at radius 1 is 0.923 bits per heavy atom. The zero-order valence-electron chi connectivity index (χ0n) is 15.1. The van der Waals surface area contributed by atoms with Crippen molar-refractivity contribution in [2.24, 2.45) is 0 Å². The number of aromatic nitrogens is 1. The minimum Gasteiger partial charge on any atom is -0.294 e. The molecule has 0 amide bonds. The third-order valence-corrected chi connectivity index (χ3v) is 5.15. The summed E-state index contributed by atoms with van der Waals surface area (Å²) < 4.78 is 1.62. The number of carbonyl (C=O) groups is 1. The molecule has 0 N–H and O–H groups in total. The lowest BCUT2D eigenvalue weighted by Crippen LogP contribution is -2.13. The smallest absolute Gasteiger partial charge is 0.234 e. The van der Waals surface area contributed by atoms with Gasteiger partial charge in [0, 0.05) is 12.4 Å². The predicted molar refractivity (Wildman–Crippen MR) is 109 cm³/mol. The van der Waals surface area contributed by atoms with Gasteiger partial charge in [-0.1, -0.05) is 74.3 Å². The molecule has 0 saturated heterocycles. The van der Waals surface area contributed by atoms with E-state index in [1.807, 2.05) is 30.5 Å². The Balaban J connectivity index is 1.75. The van der Waals surface area contributed by atoms with Crippen LogP contribution in [0.2, 0.25) is 10.0 Å². The van der Waals surface area contributed by atoms with E-state index in [1.165, 1.54) is 5.56 Å². The van der Waals surface area contributed by atoms with Gasteiger partial charge in [-0.15, -0.1) is 0 Å². The number of nitrogens with zero attached hydrogens (tertiary/aromatic N) is 1. The Morgan fingerprint density at radius 2 is 1.62 bits per heavy atom. The summed E-state index contributed by atoms with van der Waals surface area (Å²) in [6, 6.07) is 15.6. The van der Waals surface area contributed by atoms with Crippen molar-refractivity contribution in [3.63, 3.8) is 0 Å². The first kappa shape index (κ1) is 18.8. The topological polar surface area (TPSA) is 22.0 Å². The van der Waals surface area contributed by atoms with Gasteiger partial charge in [-0.25, -0.2) is 0 Å². The van der Waals surface area contributed by atoms with Gasteiger partial charge in [-0.2, -0.15) is 0 Å². The Bertz CT molecular complexity index is 934. The normalized spacial score (nSPS) is 11.6. The minimum atomic E-state index is 0.0276. The van der Waals surface area contributed by atoms with Crippen LogP contribution in [0.15, 0.2) is 60.9 Å². The molecule has 0 aliphatic carbocycles. The molecule has 0 aliphatic heterocycles. The van der Waals surface area contributed by atoms with Crippen LogP contribution in [0.1, 0.15) is 36.7 Å². The lowest BCUT2D eigenvalue weighted by molar-refractivity contribution is 0.0914. The molecule has 3 rings (SSSR count). The molecule has 4 heteroatoms. The van der Waals surface area contributed by atoms with Crippen molar-refractivity contribution >= 4 is 29.1 Å². The van der Waals surface area contributed by atoms with Gasteiger partial charge in [-0.3, -0.25) is 9.36 Å². The molecule has 1 aromatic heterocycles. The highest BCUT2D eigenvalue weighted by Crippen LogP contribution is 2.29. The fourth-order valence-electron chi connectivity index (χ4n) is 2.79. The third kappa shape index (κ3) is 4.20. The van der Waals surface area contributed by atoms with E-state index >= 15 is 0 Å². The van der Waals surface area contributed by atoms with Crippen molar-refractivity contribution in [1.29, 1.82) is 0 Å². The zero-order valence-corrected chi connectivity index (χ0v) is 16.6. The maximum atomic E-state index is 12.6. The molecule has 134 valence electrons. The molecule has 0 radical (unpaired) electrons. The van der Waals surface area contributed by atoms with Gasteiger partial charge in [0.15, 0.2) is 0 Å². The first-order valence-electron chi connectivity index (χ1n) is 8.50. The second-order valence-corrected chi connectivity index (χ2v) is 8.27. The van der Waals surface area contributed by atoms with Crippen LogP contribution in [-0.2, 0) is 11.8 Å². The predicted octanol–water partition coefficient (Wildman–Crippen LogP) is 6.64. The van der Waals surface area contributed by atoms with Crippen molar-refractivity contribution in [2.75, 3.05) is 0 Å². The molecular weight excluding hydrogens is 365 g/mol. The average Bonchev–Trinajstić information content (AvgIpc) is 3.07. The largest absolute Gasteiger partial charge is 0.294 e. The first-order valence-corrected chi connectivity index (χ1v) is 9.26. The lowest BCUT2D eigenvalue weighted by Gasteiger charge is -2.19. The van der Waals surface area contributed by atoms with Gasteiger partial charge >= 0.3 is 0 Å². The SMILES string of the molecule is CC(C)(C)c1ccc(CC(=O)n2ccc(-c3ccc(Cl)c(Cl)c3)c2)cc1. The highest BCUT2D eigenvalue weighted by molar-refractivity contribution is 6.42. The summed E-state index contributed by atoms with van der Waals surface area (Å²) >= 11 is 12.0. The van der Waals surface area contributed by atoms with Crippen molar-refractivity contribution in [1.82, 2.24) is 4.57 Å². The maximum Gasteiger partial charge on any atom is 0.234 e. The van der Waals surface area contributed by atoms with Gasteiger partial charge < -0.3 is 0 Å². The van der Waals surface area contributed by atoms with Crippen LogP contribution < -0.4 is 0 Å². The summed E-state index contributed by atoms with van der Waals surface area (Å²) in [5, 5.41) is 1.02. The molecular formula is C22H21Cl2NO. The van der Waals surface area contributed by atoms with Gasteiger partial charge in [0.25, 0.3) is 0 Å².